The van der Waals surface area contributed by atoms with Crippen LogP contribution in [-0.4, -0.2) is 10.5 Å². The van der Waals surface area contributed by atoms with Gasteiger partial charge < -0.3 is 5.32 Å². The van der Waals surface area contributed by atoms with Crippen LogP contribution in [0.3, 0.4) is 0 Å². The highest BCUT2D eigenvalue weighted by Gasteiger charge is 2.22. The van der Waals surface area contributed by atoms with Gasteiger partial charge in [-0.1, -0.05) is 12.1 Å². The third-order valence-corrected chi connectivity index (χ3v) is 3.05. The summed E-state index contributed by atoms with van der Waals surface area (Å²) in [5.74, 6) is 0. The van der Waals surface area contributed by atoms with Crippen molar-refractivity contribution in [3.05, 3.63) is 24.3 Å². The Morgan fingerprint density at radius 1 is 1.33 bits per heavy atom. The smallest absolute Gasteiger partial charge is 0.292 e. The number of anilines is 1. The van der Waals surface area contributed by atoms with E-state index in [0.717, 1.165) is 10.6 Å². The lowest BCUT2D eigenvalue weighted by molar-refractivity contribution is 0.270. The molecule has 3 nitrogen and oxygen atoms in total. The van der Waals surface area contributed by atoms with Crippen molar-refractivity contribution < 1.29 is 9.59 Å². The van der Waals surface area contributed by atoms with Gasteiger partial charge in [0.1, 0.15) is 0 Å². The second-order valence-corrected chi connectivity index (χ2v) is 3.89. The van der Waals surface area contributed by atoms with Gasteiger partial charge in [0.15, 0.2) is 5.23 Å². The van der Waals surface area contributed by atoms with Crippen LogP contribution >= 0.6 is 10.5 Å². The highest BCUT2D eigenvalue weighted by molar-refractivity contribution is 8.28. The zero-order valence-corrected chi connectivity index (χ0v) is 6.85. The van der Waals surface area contributed by atoms with Crippen molar-refractivity contribution in [3.8, 4) is 0 Å². The van der Waals surface area contributed by atoms with Crippen LogP contribution < -0.4 is 5.32 Å². The first-order chi connectivity index (χ1) is 5.83. The Hall–Kier alpha value is -1.38. The van der Waals surface area contributed by atoms with Gasteiger partial charge in [0.25, 0.3) is 5.24 Å². The number of hydrogen-bond donors (Lipinski definition) is 1. The standard InChI is InChI=1S/C8H5NO2S/c10-5-12-7-4-2-1-3-6(7)9-8(12)11/h1-4H,(H,9,11). The topological polar surface area (TPSA) is 46.2 Å². The number of rotatable bonds is 0. The zero-order chi connectivity index (χ0) is 8.55. The number of carbonyl (C=O) groups excluding carboxylic acids is 2. The van der Waals surface area contributed by atoms with Crippen LogP contribution in [0.4, 0.5) is 10.5 Å². The van der Waals surface area contributed by atoms with E-state index >= 15 is 0 Å². The predicted octanol–water partition coefficient (Wildman–Crippen LogP) is 1.93. The van der Waals surface area contributed by atoms with Crippen LogP contribution in [0, 0.1) is 0 Å². The molecular weight excluding hydrogens is 174 g/mol. The van der Waals surface area contributed by atoms with Crippen molar-refractivity contribution >= 4 is 26.6 Å². The van der Waals surface area contributed by atoms with E-state index in [2.05, 4.69) is 5.32 Å². The number of nitrogens with one attached hydrogen (secondary N) is 1. The summed E-state index contributed by atoms with van der Waals surface area (Å²) in [5, 5.41) is 4.09. The zero-order valence-electron chi connectivity index (χ0n) is 6.03. The lowest BCUT2D eigenvalue weighted by Gasteiger charge is -1.92. The summed E-state index contributed by atoms with van der Waals surface area (Å²) in [4.78, 5) is 22.3. The van der Waals surface area contributed by atoms with Crippen LogP contribution in [0.1, 0.15) is 0 Å². The molecule has 1 heterocycles. The van der Waals surface area contributed by atoms with E-state index in [0.29, 0.717) is 0 Å². The normalized spacial score (nSPS) is 19.7. The fraction of sp³-hybridized carbons (Fsp3) is 0. The molecule has 4 heteroatoms. The van der Waals surface area contributed by atoms with E-state index in [1.54, 1.807) is 23.4 Å². The Balaban J connectivity index is 2.70. The number of hydrogen-bond acceptors (Lipinski definition) is 2. The maximum Gasteiger partial charge on any atom is 0.292 e. The van der Waals surface area contributed by atoms with Crippen LogP contribution in [0.25, 0.3) is 0 Å². The summed E-state index contributed by atoms with van der Waals surface area (Å²) in [6.45, 7) is 0. The molecular formula is C8H5NO2S. The first-order valence-electron chi connectivity index (χ1n) is 3.35. The Morgan fingerprint density at radius 3 is 2.83 bits per heavy atom. The lowest BCUT2D eigenvalue weighted by Crippen LogP contribution is -1.97. The average molecular weight is 179 g/mol. The van der Waals surface area contributed by atoms with Gasteiger partial charge >= 0.3 is 0 Å². The molecule has 0 aromatic heterocycles. The number of fused-ring (bicyclic) bond motifs is 1. The van der Waals surface area contributed by atoms with Gasteiger partial charge in [-0.25, -0.2) is 4.79 Å². The van der Waals surface area contributed by atoms with Gasteiger partial charge in [0, 0.05) is 15.4 Å². The Kier molecular flexibility index (Phi) is 1.57. The van der Waals surface area contributed by atoms with Crippen LogP contribution in [0.5, 0.6) is 0 Å². The first-order valence-corrected chi connectivity index (χ1v) is 4.57. The molecule has 0 saturated heterocycles. The second-order valence-electron chi connectivity index (χ2n) is 2.30. The maximum absolute atomic E-state index is 11.1. The number of para-hydroxylation sites is 1. The van der Waals surface area contributed by atoms with Crippen molar-refractivity contribution in [1.29, 1.82) is 0 Å². The van der Waals surface area contributed by atoms with E-state index in [4.69, 9.17) is 0 Å². The largest absolute Gasteiger partial charge is 0.315 e. The van der Waals surface area contributed by atoms with Gasteiger partial charge in [-0.2, -0.15) is 0 Å². The van der Waals surface area contributed by atoms with Crippen molar-refractivity contribution in [1.82, 2.24) is 0 Å². The second kappa shape index (κ2) is 2.59. The summed E-state index contributed by atoms with van der Waals surface area (Å²) < 4.78 is 0. The van der Waals surface area contributed by atoms with E-state index in [9.17, 15) is 9.59 Å². The van der Waals surface area contributed by atoms with Crippen LogP contribution in [0.15, 0.2) is 29.2 Å². The van der Waals surface area contributed by atoms with E-state index in [-0.39, 0.29) is 5.24 Å². The third kappa shape index (κ3) is 0.897. The quantitative estimate of drug-likeness (QED) is 0.618. The minimum Gasteiger partial charge on any atom is -0.315 e. The molecule has 12 heavy (non-hydrogen) atoms. The SMILES string of the molecule is O=C=S1C(=O)Nc2ccccc21. The first kappa shape index (κ1) is 7.28. The van der Waals surface area contributed by atoms with Crippen molar-refractivity contribution in [2.24, 2.45) is 0 Å². The van der Waals surface area contributed by atoms with Crippen LogP contribution in [0.2, 0.25) is 0 Å². The van der Waals surface area contributed by atoms with Gasteiger partial charge in [-0.3, -0.25) is 4.79 Å². The van der Waals surface area contributed by atoms with E-state index in [1.165, 1.54) is 0 Å². The fourth-order valence-electron chi connectivity index (χ4n) is 1.09. The molecule has 2 rings (SSSR count). The predicted molar refractivity (Wildman–Crippen MR) is 47.0 cm³/mol. The molecule has 0 fully saturated rings. The summed E-state index contributed by atoms with van der Waals surface area (Å²) in [6.07, 6.45) is 0. The third-order valence-electron chi connectivity index (χ3n) is 1.61. The fourth-order valence-corrected chi connectivity index (χ4v) is 2.22. The van der Waals surface area contributed by atoms with E-state index in [1.807, 2.05) is 6.07 Å². The van der Waals surface area contributed by atoms with Crippen LogP contribution in [-0.2, 0) is 4.79 Å². The van der Waals surface area contributed by atoms with Gasteiger partial charge in [-0.15, -0.1) is 0 Å². The molecule has 1 N–H and O–H groups in total. The highest BCUT2D eigenvalue weighted by Crippen LogP contribution is 2.39. The minimum atomic E-state index is -1.01. The average Bonchev–Trinajstić information content (AvgIpc) is 2.40. The van der Waals surface area contributed by atoms with Crippen molar-refractivity contribution in [3.63, 3.8) is 0 Å². The van der Waals surface area contributed by atoms with Gasteiger partial charge in [0.2, 0.25) is 0 Å². The van der Waals surface area contributed by atoms with E-state index < -0.39 is 10.5 Å². The number of amides is 1. The molecule has 0 saturated carbocycles. The summed E-state index contributed by atoms with van der Waals surface area (Å²) in [5.41, 5.74) is 0.731. The monoisotopic (exact) mass is 179 g/mol. The molecule has 1 amide bonds. The lowest BCUT2D eigenvalue weighted by atomic mass is 10.3. The van der Waals surface area contributed by atoms with Crippen molar-refractivity contribution in [2.45, 2.75) is 4.90 Å². The highest BCUT2D eigenvalue weighted by atomic mass is 32.2. The molecule has 60 valence electrons. The minimum absolute atomic E-state index is 0.258. The molecule has 0 aliphatic carbocycles. The number of carbonyl (C=O) groups is 1. The molecule has 1 unspecified atom stereocenters. The molecule has 1 atom stereocenters. The molecule has 1 aromatic rings. The maximum atomic E-state index is 11.1. The molecule has 0 spiro atoms. The summed E-state index contributed by atoms with van der Waals surface area (Å²) >= 11 is 0. The molecule has 1 aliphatic rings. The molecule has 0 radical (unpaired) electrons. The Bertz CT molecular complexity index is 407. The van der Waals surface area contributed by atoms with Gasteiger partial charge in [0.05, 0.1) is 5.69 Å². The molecule has 1 aliphatic heterocycles. The Labute approximate surface area is 71.3 Å². The summed E-state index contributed by atoms with van der Waals surface area (Å²) in [6, 6.07) is 7.16. The Morgan fingerprint density at radius 2 is 2.08 bits per heavy atom. The number of benzene rings is 1. The van der Waals surface area contributed by atoms with Gasteiger partial charge in [-0.05, 0) is 12.1 Å². The molecule has 0 bridgehead atoms. The summed E-state index contributed by atoms with van der Waals surface area (Å²) in [7, 11) is -1.01. The van der Waals surface area contributed by atoms with Crippen molar-refractivity contribution in [2.75, 3.05) is 5.32 Å². The molecule has 1 aromatic carbocycles.